The highest BCUT2D eigenvalue weighted by Crippen LogP contribution is 2.31. The summed E-state index contributed by atoms with van der Waals surface area (Å²) >= 11 is 0. The van der Waals surface area contributed by atoms with E-state index in [9.17, 15) is 5.11 Å². The molecule has 0 spiro atoms. The average Bonchev–Trinajstić information content (AvgIpc) is 2.59. The van der Waals surface area contributed by atoms with Crippen molar-refractivity contribution >= 4 is 0 Å². The van der Waals surface area contributed by atoms with E-state index in [-0.39, 0.29) is 5.60 Å². The van der Waals surface area contributed by atoms with Crippen LogP contribution in [0.5, 0.6) is 0 Å². The maximum absolute atomic E-state index is 10.3. The second-order valence-corrected chi connectivity index (χ2v) is 5.60. The minimum absolute atomic E-state index is 0.361. The standard InChI is InChI=1S/C12H24N2O/c1-10-8-14(7-4-11(10)13)9-12(15)5-2-3-6-12/h10-11,15H,2-9,13H2,1H3. The Labute approximate surface area is 92.6 Å². The van der Waals surface area contributed by atoms with E-state index in [0.717, 1.165) is 38.9 Å². The zero-order valence-electron chi connectivity index (χ0n) is 9.78. The van der Waals surface area contributed by atoms with Gasteiger partial charge in [-0.25, -0.2) is 0 Å². The largest absolute Gasteiger partial charge is 0.389 e. The fraction of sp³-hybridized carbons (Fsp3) is 1.00. The molecule has 0 aromatic rings. The van der Waals surface area contributed by atoms with Gasteiger partial charge in [-0.3, -0.25) is 0 Å². The normalized spacial score (nSPS) is 37.0. The number of nitrogens with two attached hydrogens (primary N) is 1. The predicted octanol–water partition coefficient (Wildman–Crippen LogP) is 0.961. The monoisotopic (exact) mass is 212 g/mol. The van der Waals surface area contributed by atoms with Gasteiger partial charge in [-0.15, -0.1) is 0 Å². The van der Waals surface area contributed by atoms with Crippen molar-refractivity contribution in [1.29, 1.82) is 0 Å². The Bertz CT molecular complexity index is 214. The molecule has 1 heterocycles. The van der Waals surface area contributed by atoms with Crippen molar-refractivity contribution in [2.24, 2.45) is 11.7 Å². The lowest BCUT2D eigenvalue weighted by molar-refractivity contribution is -0.00322. The molecule has 1 saturated carbocycles. The molecule has 0 radical (unpaired) electrons. The van der Waals surface area contributed by atoms with Crippen LogP contribution in [0.3, 0.4) is 0 Å². The average molecular weight is 212 g/mol. The molecule has 1 aliphatic heterocycles. The van der Waals surface area contributed by atoms with E-state index in [1.54, 1.807) is 0 Å². The highest BCUT2D eigenvalue weighted by molar-refractivity contribution is 4.90. The van der Waals surface area contributed by atoms with E-state index in [4.69, 9.17) is 5.73 Å². The molecule has 2 aliphatic rings. The maximum Gasteiger partial charge on any atom is 0.0774 e. The summed E-state index contributed by atoms with van der Waals surface area (Å²) in [5, 5.41) is 10.3. The van der Waals surface area contributed by atoms with E-state index in [0.29, 0.717) is 12.0 Å². The van der Waals surface area contributed by atoms with Crippen molar-refractivity contribution in [2.45, 2.75) is 50.7 Å². The van der Waals surface area contributed by atoms with Crippen LogP contribution < -0.4 is 5.73 Å². The lowest BCUT2D eigenvalue weighted by atomic mass is 9.93. The summed E-state index contributed by atoms with van der Waals surface area (Å²) in [5.74, 6) is 0.573. The van der Waals surface area contributed by atoms with Crippen molar-refractivity contribution in [3.8, 4) is 0 Å². The van der Waals surface area contributed by atoms with Gasteiger partial charge >= 0.3 is 0 Å². The summed E-state index contributed by atoms with van der Waals surface area (Å²) in [5.41, 5.74) is 5.60. The van der Waals surface area contributed by atoms with Crippen LogP contribution in [-0.2, 0) is 0 Å². The maximum atomic E-state index is 10.3. The first kappa shape index (κ1) is 11.4. The molecule has 3 heteroatoms. The minimum Gasteiger partial charge on any atom is -0.389 e. The molecule has 3 N–H and O–H groups in total. The summed E-state index contributed by atoms with van der Waals surface area (Å²) in [6, 6.07) is 0.361. The van der Waals surface area contributed by atoms with E-state index in [1.165, 1.54) is 12.8 Å². The summed E-state index contributed by atoms with van der Waals surface area (Å²) in [6.07, 6.45) is 5.45. The van der Waals surface area contributed by atoms with Crippen molar-refractivity contribution in [3.63, 3.8) is 0 Å². The van der Waals surface area contributed by atoms with Gasteiger partial charge in [-0.1, -0.05) is 19.8 Å². The molecular formula is C12H24N2O. The first-order chi connectivity index (χ1) is 7.09. The van der Waals surface area contributed by atoms with Gasteiger partial charge in [-0.2, -0.15) is 0 Å². The Morgan fingerprint density at radius 3 is 2.67 bits per heavy atom. The van der Waals surface area contributed by atoms with Gasteiger partial charge in [0.2, 0.25) is 0 Å². The summed E-state index contributed by atoms with van der Waals surface area (Å²) in [6.45, 7) is 5.21. The van der Waals surface area contributed by atoms with Crippen molar-refractivity contribution in [2.75, 3.05) is 19.6 Å². The molecule has 88 valence electrons. The Morgan fingerprint density at radius 1 is 1.40 bits per heavy atom. The number of hydrogen-bond donors (Lipinski definition) is 2. The molecule has 2 unspecified atom stereocenters. The second kappa shape index (κ2) is 4.40. The van der Waals surface area contributed by atoms with Gasteiger partial charge in [0.25, 0.3) is 0 Å². The number of β-amino-alcohol motifs (C(OH)–C–C–N with tert-alkyl or cyclic N) is 1. The molecule has 3 nitrogen and oxygen atoms in total. The summed E-state index contributed by atoms with van der Waals surface area (Å²) < 4.78 is 0. The van der Waals surface area contributed by atoms with Crippen LogP contribution in [0, 0.1) is 5.92 Å². The number of piperidine rings is 1. The Balaban J connectivity index is 1.84. The van der Waals surface area contributed by atoms with Crippen LogP contribution >= 0.6 is 0 Å². The third kappa shape index (κ3) is 2.71. The van der Waals surface area contributed by atoms with E-state index in [2.05, 4.69) is 11.8 Å². The number of aliphatic hydroxyl groups is 1. The third-order valence-corrected chi connectivity index (χ3v) is 4.11. The van der Waals surface area contributed by atoms with Gasteiger partial charge in [0.1, 0.15) is 0 Å². The first-order valence-corrected chi connectivity index (χ1v) is 6.29. The molecule has 2 atom stereocenters. The van der Waals surface area contributed by atoms with Crippen molar-refractivity contribution < 1.29 is 5.11 Å². The van der Waals surface area contributed by atoms with Crippen LogP contribution in [0.4, 0.5) is 0 Å². The molecule has 0 aromatic carbocycles. The van der Waals surface area contributed by atoms with Gasteiger partial charge in [-0.05, 0) is 31.7 Å². The predicted molar refractivity (Wildman–Crippen MR) is 61.6 cm³/mol. The number of likely N-dealkylation sites (tertiary alicyclic amines) is 1. The highest BCUT2D eigenvalue weighted by Gasteiger charge is 2.34. The zero-order chi connectivity index (χ0) is 10.9. The summed E-state index contributed by atoms with van der Waals surface area (Å²) in [4.78, 5) is 2.40. The fourth-order valence-electron chi connectivity index (χ4n) is 3.00. The molecule has 1 aliphatic carbocycles. The molecule has 2 fully saturated rings. The first-order valence-electron chi connectivity index (χ1n) is 6.29. The van der Waals surface area contributed by atoms with E-state index < -0.39 is 0 Å². The van der Waals surface area contributed by atoms with Crippen LogP contribution in [0.2, 0.25) is 0 Å². The molecule has 2 rings (SSSR count). The van der Waals surface area contributed by atoms with Gasteiger partial charge in [0.15, 0.2) is 0 Å². The van der Waals surface area contributed by atoms with E-state index >= 15 is 0 Å². The topological polar surface area (TPSA) is 49.5 Å². The van der Waals surface area contributed by atoms with Gasteiger partial charge < -0.3 is 15.7 Å². The number of hydrogen-bond acceptors (Lipinski definition) is 3. The number of nitrogens with zero attached hydrogens (tertiary/aromatic N) is 1. The summed E-state index contributed by atoms with van der Waals surface area (Å²) in [7, 11) is 0. The van der Waals surface area contributed by atoms with Crippen LogP contribution in [-0.4, -0.2) is 41.3 Å². The van der Waals surface area contributed by atoms with Gasteiger partial charge in [0, 0.05) is 19.1 Å². The van der Waals surface area contributed by atoms with Crippen LogP contribution in [0.1, 0.15) is 39.0 Å². The van der Waals surface area contributed by atoms with Crippen molar-refractivity contribution in [1.82, 2.24) is 4.90 Å². The molecule has 15 heavy (non-hydrogen) atoms. The van der Waals surface area contributed by atoms with Gasteiger partial charge in [0.05, 0.1) is 5.60 Å². The Kier molecular flexibility index (Phi) is 3.33. The lowest BCUT2D eigenvalue weighted by Gasteiger charge is -2.38. The molecule has 1 saturated heterocycles. The zero-order valence-corrected chi connectivity index (χ0v) is 9.78. The Morgan fingerprint density at radius 2 is 2.07 bits per heavy atom. The smallest absolute Gasteiger partial charge is 0.0774 e. The second-order valence-electron chi connectivity index (χ2n) is 5.60. The van der Waals surface area contributed by atoms with Crippen LogP contribution in [0.15, 0.2) is 0 Å². The molecular weight excluding hydrogens is 188 g/mol. The molecule has 0 aromatic heterocycles. The molecule has 0 bridgehead atoms. The SMILES string of the molecule is CC1CN(CC2(O)CCCC2)CCC1N. The fourth-order valence-corrected chi connectivity index (χ4v) is 3.00. The third-order valence-electron chi connectivity index (χ3n) is 4.11. The van der Waals surface area contributed by atoms with Crippen LogP contribution in [0.25, 0.3) is 0 Å². The quantitative estimate of drug-likeness (QED) is 0.717. The minimum atomic E-state index is -0.388. The Hall–Kier alpha value is -0.120. The highest BCUT2D eigenvalue weighted by atomic mass is 16.3. The number of rotatable bonds is 2. The van der Waals surface area contributed by atoms with Crippen molar-refractivity contribution in [3.05, 3.63) is 0 Å². The molecule has 0 amide bonds. The van der Waals surface area contributed by atoms with E-state index in [1.807, 2.05) is 0 Å². The lowest BCUT2D eigenvalue weighted by Crippen LogP contribution is -2.50.